The molecule has 1 heterocycles. The number of halogens is 1. The maximum atomic E-state index is 6.07. The van der Waals surface area contributed by atoms with Gasteiger partial charge in [-0.05, 0) is 60.9 Å². The summed E-state index contributed by atoms with van der Waals surface area (Å²) < 4.78 is 0. The SMILES string of the molecule is C[C@H](NC1CCCc2sccc21)c1cccc(Cl)c1. The number of thiophene rings is 1. The Morgan fingerprint density at radius 3 is 3.11 bits per heavy atom. The third-order valence-corrected chi connectivity index (χ3v) is 5.08. The predicted molar refractivity (Wildman–Crippen MR) is 83.0 cm³/mol. The smallest absolute Gasteiger partial charge is 0.0409 e. The van der Waals surface area contributed by atoms with Gasteiger partial charge >= 0.3 is 0 Å². The molecule has 2 atom stereocenters. The first-order valence-electron chi connectivity index (χ1n) is 6.82. The lowest BCUT2D eigenvalue weighted by Gasteiger charge is -2.27. The molecule has 0 amide bonds. The highest BCUT2D eigenvalue weighted by molar-refractivity contribution is 7.10. The average molecular weight is 292 g/mol. The summed E-state index contributed by atoms with van der Waals surface area (Å²) in [5.41, 5.74) is 2.76. The van der Waals surface area contributed by atoms with E-state index in [2.05, 4.69) is 35.8 Å². The molecule has 0 aliphatic heterocycles. The van der Waals surface area contributed by atoms with Gasteiger partial charge in [-0.15, -0.1) is 11.3 Å². The quantitative estimate of drug-likeness (QED) is 0.826. The van der Waals surface area contributed by atoms with Crippen LogP contribution in [0.2, 0.25) is 5.02 Å². The Bertz CT molecular complexity index is 563. The molecule has 1 aromatic carbocycles. The lowest BCUT2D eigenvalue weighted by molar-refractivity contribution is 0.418. The van der Waals surface area contributed by atoms with Crippen molar-refractivity contribution in [2.75, 3.05) is 0 Å². The van der Waals surface area contributed by atoms with Crippen molar-refractivity contribution in [3.63, 3.8) is 0 Å². The van der Waals surface area contributed by atoms with Crippen molar-refractivity contribution >= 4 is 22.9 Å². The lowest BCUT2D eigenvalue weighted by atomic mass is 9.93. The van der Waals surface area contributed by atoms with Crippen molar-refractivity contribution in [1.29, 1.82) is 0 Å². The van der Waals surface area contributed by atoms with Gasteiger partial charge in [-0.3, -0.25) is 0 Å². The summed E-state index contributed by atoms with van der Waals surface area (Å²) in [7, 11) is 0. The molecule has 3 heteroatoms. The van der Waals surface area contributed by atoms with Crippen LogP contribution < -0.4 is 5.32 Å². The van der Waals surface area contributed by atoms with Crippen molar-refractivity contribution < 1.29 is 0 Å². The topological polar surface area (TPSA) is 12.0 Å². The number of hydrogen-bond donors (Lipinski definition) is 1. The molecular formula is C16H18ClNS. The van der Waals surface area contributed by atoms with E-state index < -0.39 is 0 Å². The van der Waals surface area contributed by atoms with Gasteiger partial charge in [-0.2, -0.15) is 0 Å². The van der Waals surface area contributed by atoms with E-state index in [-0.39, 0.29) is 0 Å². The van der Waals surface area contributed by atoms with E-state index >= 15 is 0 Å². The van der Waals surface area contributed by atoms with Gasteiger partial charge in [0.1, 0.15) is 0 Å². The average Bonchev–Trinajstić information content (AvgIpc) is 2.88. The van der Waals surface area contributed by atoms with Crippen LogP contribution in [-0.2, 0) is 6.42 Å². The van der Waals surface area contributed by atoms with Gasteiger partial charge < -0.3 is 5.32 Å². The van der Waals surface area contributed by atoms with Crippen LogP contribution in [0.3, 0.4) is 0 Å². The minimum atomic E-state index is 0.328. The molecule has 1 nitrogen and oxygen atoms in total. The van der Waals surface area contributed by atoms with Gasteiger partial charge in [0.15, 0.2) is 0 Å². The molecule has 1 aliphatic rings. The number of nitrogens with one attached hydrogen (secondary N) is 1. The molecule has 1 unspecified atom stereocenters. The van der Waals surface area contributed by atoms with E-state index in [1.807, 2.05) is 23.5 Å². The largest absolute Gasteiger partial charge is 0.303 e. The highest BCUT2D eigenvalue weighted by Gasteiger charge is 2.22. The number of aryl methyl sites for hydroxylation is 1. The zero-order valence-corrected chi connectivity index (χ0v) is 12.6. The predicted octanol–water partition coefficient (Wildman–Crippen LogP) is 5.13. The van der Waals surface area contributed by atoms with E-state index in [4.69, 9.17) is 11.6 Å². The fourth-order valence-electron chi connectivity index (χ4n) is 2.83. The normalized spacial score (nSPS) is 20.0. The monoisotopic (exact) mass is 291 g/mol. The summed E-state index contributed by atoms with van der Waals surface area (Å²) >= 11 is 7.96. The molecular weight excluding hydrogens is 274 g/mol. The molecule has 3 rings (SSSR count). The van der Waals surface area contributed by atoms with Gasteiger partial charge in [-0.1, -0.05) is 23.7 Å². The second-order valence-electron chi connectivity index (χ2n) is 5.19. The first-order valence-corrected chi connectivity index (χ1v) is 8.07. The maximum absolute atomic E-state index is 6.07. The first kappa shape index (κ1) is 13.2. The standard InChI is InChI=1S/C16H18ClNS/c1-11(12-4-2-5-13(17)10-12)18-15-6-3-7-16-14(15)8-9-19-16/h2,4-5,8-11,15,18H,3,6-7H2,1H3/t11-,15?/m0/s1. The Balaban J connectivity index is 1.76. The number of fused-ring (bicyclic) bond motifs is 1. The minimum absolute atomic E-state index is 0.328. The lowest BCUT2D eigenvalue weighted by Crippen LogP contribution is -2.27. The molecule has 0 radical (unpaired) electrons. The van der Waals surface area contributed by atoms with Gasteiger partial charge in [-0.25, -0.2) is 0 Å². The Morgan fingerprint density at radius 2 is 2.26 bits per heavy atom. The van der Waals surface area contributed by atoms with E-state index in [1.54, 1.807) is 4.88 Å². The Hall–Kier alpha value is -0.830. The molecule has 2 aromatic rings. The van der Waals surface area contributed by atoms with Crippen molar-refractivity contribution in [2.45, 2.75) is 38.3 Å². The van der Waals surface area contributed by atoms with Crippen molar-refractivity contribution in [3.05, 3.63) is 56.7 Å². The number of benzene rings is 1. The highest BCUT2D eigenvalue weighted by Crippen LogP contribution is 2.34. The van der Waals surface area contributed by atoms with Crippen LogP contribution in [0.25, 0.3) is 0 Å². The number of rotatable bonds is 3. The summed E-state index contributed by atoms with van der Waals surface area (Å²) in [6, 6.07) is 11.2. The Labute approximate surface area is 123 Å². The fourth-order valence-corrected chi connectivity index (χ4v) is 4.02. The molecule has 100 valence electrons. The zero-order valence-electron chi connectivity index (χ0n) is 11.0. The first-order chi connectivity index (χ1) is 9.24. The molecule has 0 saturated heterocycles. The minimum Gasteiger partial charge on any atom is -0.303 e. The summed E-state index contributed by atoms with van der Waals surface area (Å²) in [6.45, 7) is 2.21. The highest BCUT2D eigenvalue weighted by atomic mass is 35.5. The van der Waals surface area contributed by atoms with E-state index in [1.165, 1.54) is 30.4 Å². The van der Waals surface area contributed by atoms with Crippen LogP contribution in [-0.4, -0.2) is 0 Å². The van der Waals surface area contributed by atoms with Crippen LogP contribution in [0.15, 0.2) is 35.7 Å². The molecule has 0 bridgehead atoms. The van der Waals surface area contributed by atoms with Crippen molar-refractivity contribution in [3.8, 4) is 0 Å². The third-order valence-electron chi connectivity index (χ3n) is 3.85. The molecule has 1 aromatic heterocycles. The van der Waals surface area contributed by atoms with Crippen LogP contribution in [0.5, 0.6) is 0 Å². The van der Waals surface area contributed by atoms with Crippen LogP contribution in [0, 0.1) is 0 Å². The number of hydrogen-bond acceptors (Lipinski definition) is 2. The summed E-state index contributed by atoms with van der Waals surface area (Å²) in [5, 5.41) is 6.78. The Kier molecular flexibility index (Phi) is 3.92. The maximum Gasteiger partial charge on any atom is 0.0409 e. The van der Waals surface area contributed by atoms with Crippen LogP contribution >= 0.6 is 22.9 Å². The van der Waals surface area contributed by atoms with Gasteiger partial charge in [0, 0.05) is 22.0 Å². The second kappa shape index (κ2) is 5.66. The van der Waals surface area contributed by atoms with E-state index in [0.29, 0.717) is 12.1 Å². The van der Waals surface area contributed by atoms with Crippen LogP contribution in [0.4, 0.5) is 0 Å². The fraction of sp³-hybridized carbons (Fsp3) is 0.375. The van der Waals surface area contributed by atoms with Crippen molar-refractivity contribution in [1.82, 2.24) is 5.32 Å². The second-order valence-corrected chi connectivity index (χ2v) is 6.62. The molecule has 0 saturated carbocycles. The van der Waals surface area contributed by atoms with E-state index in [9.17, 15) is 0 Å². The summed E-state index contributed by atoms with van der Waals surface area (Å²) in [6.07, 6.45) is 3.76. The summed E-state index contributed by atoms with van der Waals surface area (Å²) in [5.74, 6) is 0. The molecule has 19 heavy (non-hydrogen) atoms. The van der Waals surface area contributed by atoms with Gasteiger partial charge in [0.2, 0.25) is 0 Å². The van der Waals surface area contributed by atoms with Crippen molar-refractivity contribution in [2.24, 2.45) is 0 Å². The molecule has 1 aliphatic carbocycles. The summed E-state index contributed by atoms with van der Waals surface area (Å²) in [4.78, 5) is 1.56. The molecule has 0 spiro atoms. The molecule has 0 fully saturated rings. The van der Waals surface area contributed by atoms with Gasteiger partial charge in [0.05, 0.1) is 0 Å². The molecule has 1 N–H and O–H groups in total. The zero-order chi connectivity index (χ0) is 13.2. The van der Waals surface area contributed by atoms with E-state index in [0.717, 1.165) is 5.02 Å². The Morgan fingerprint density at radius 1 is 1.37 bits per heavy atom. The van der Waals surface area contributed by atoms with Crippen LogP contribution in [0.1, 0.15) is 47.9 Å². The third kappa shape index (κ3) is 2.86. The van der Waals surface area contributed by atoms with Gasteiger partial charge in [0.25, 0.3) is 0 Å².